The highest BCUT2D eigenvalue weighted by atomic mass is 19.1. The summed E-state index contributed by atoms with van der Waals surface area (Å²) in [5.74, 6) is 0.361. The maximum absolute atomic E-state index is 13.0. The van der Waals surface area contributed by atoms with Crippen molar-refractivity contribution in [2.45, 2.75) is 13.0 Å². The van der Waals surface area contributed by atoms with E-state index in [-0.39, 0.29) is 11.4 Å². The minimum atomic E-state index is -0.213. The molecule has 130 valence electrons. The summed E-state index contributed by atoms with van der Waals surface area (Å²) >= 11 is 0. The van der Waals surface area contributed by atoms with E-state index in [0.29, 0.717) is 17.0 Å². The first-order valence-electron chi connectivity index (χ1n) is 8.34. The van der Waals surface area contributed by atoms with Crippen LogP contribution in [-0.4, -0.2) is 51.2 Å². The Bertz CT molecular complexity index is 919. The number of rotatable bonds is 3. The summed E-state index contributed by atoms with van der Waals surface area (Å²) in [5, 5.41) is 7.09. The lowest BCUT2D eigenvalue weighted by Crippen LogP contribution is -2.32. The Morgan fingerprint density at radius 2 is 1.96 bits per heavy atom. The molecule has 0 amide bonds. The Labute approximate surface area is 143 Å². The second-order valence-electron chi connectivity index (χ2n) is 6.27. The molecule has 1 aromatic carbocycles. The fourth-order valence-corrected chi connectivity index (χ4v) is 3.17. The maximum atomic E-state index is 13.0. The zero-order valence-electron chi connectivity index (χ0n) is 13.7. The molecule has 1 aliphatic heterocycles. The summed E-state index contributed by atoms with van der Waals surface area (Å²) in [6, 6.07) is 6.63. The Morgan fingerprint density at radius 3 is 2.80 bits per heavy atom. The van der Waals surface area contributed by atoms with E-state index in [1.807, 2.05) is 12.1 Å². The summed E-state index contributed by atoms with van der Waals surface area (Å²) in [7, 11) is 0. The fraction of sp³-hybridized carbons (Fsp3) is 0.353. The number of anilines is 1. The van der Waals surface area contributed by atoms with Crippen molar-refractivity contribution in [3.8, 4) is 0 Å². The van der Waals surface area contributed by atoms with E-state index in [1.165, 1.54) is 18.3 Å². The number of benzene rings is 1. The third kappa shape index (κ3) is 3.39. The van der Waals surface area contributed by atoms with Crippen LogP contribution in [0.15, 0.2) is 35.3 Å². The zero-order chi connectivity index (χ0) is 17.2. The second kappa shape index (κ2) is 6.64. The van der Waals surface area contributed by atoms with Crippen molar-refractivity contribution in [3.05, 3.63) is 52.2 Å². The van der Waals surface area contributed by atoms with Gasteiger partial charge in [0.25, 0.3) is 5.56 Å². The van der Waals surface area contributed by atoms with Crippen molar-refractivity contribution in [1.82, 2.24) is 25.1 Å². The Hall–Kier alpha value is -2.74. The van der Waals surface area contributed by atoms with E-state index >= 15 is 0 Å². The van der Waals surface area contributed by atoms with Gasteiger partial charge in [-0.05, 0) is 24.1 Å². The Morgan fingerprint density at radius 1 is 1.12 bits per heavy atom. The molecule has 0 spiro atoms. The van der Waals surface area contributed by atoms with Crippen molar-refractivity contribution in [2.24, 2.45) is 0 Å². The van der Waals surface area contributed by atoms with Crippen LogP contribution < -0.4 is 10.5 Å². The van der Waals surface area contributed by atoms with Crippen molar-refractivity contribution in [1.29, 1.82) is 0 Å². The first-order chi connectivity index (χ1) is 12.2. The number of nitrogens with one attached hydrogen (secondary N) is 2. The maximum Gasteiger partial charge on any atom is 0.263 e. The first kappa shape index (κ1) is 15.8. The molecule has 3 aromatic rings. The molecule has 1 fully saturated rings. The number of hydrogen-bond donors (Lipinski definition) is 2. The van der Waals surface area contributed by atoms with Crippen molar-refractivity contribution in [3.63, 3.8) is 0 Å². The molecule has 0 atom stereocenters. The van der Waals surface area contributed by atoms with Gasteiger partial charge < -0.3 is 4.90 Å². The molecule has 1 aliphatic rings. The summed E-state index contributed by atoms with van der Waals surface area (Å²) in [6.45, 7) is 4.18. The van der Waals surface area contributed by atoms with Gasteiger partial charge in [0.15, 0.2) is 5.65 Å². The van der Waals surface area contributed by atoms with Gasteiger partial charge in [-0.25, -0.2) is 4.39 Å². The highest BCUT2D eigenvalue weighted by Gasteiger charge is 2.18. The number of halogens is 1. The second-order valence-corrected chi connectivity index (χ2v) is 6.27. The summed E-state index contributed by atoms with van der Waals surface area (Å²) < 4.78 is 13.0. The van der Waals surface area contributed by atoms with Crippen LogP contribution in [0.1, 0.15) is 12.0 Å². The predicted octanol–water partition coefficient (Wildman–Crippen LogP) is 1.50. The quantitative estimate of drug-likeness (QED) is 0.754. The number of hydrogen-bond acceptors (Lipinski definition) is 5. The minimum absolute atomic E-state index is 0.179. The summed E-state index contributed by atoms with van der Waals surface area (Å²) in [5.41, 5.74) is 1.42. The van der Waals surface area contributed by atoms with Gasteiger partial charge in [-0.1, -0.05) is 12.1 Å². The normalized spacial score (nSPS) is 16.3. The third-order valence-electron chi connectivity index (χ3n) is 4.51. The van der Waals surface area contributed by atoms with Gasteiger partial charge in [-0.3, -0.25) is 19.8 Å². The number of aromatic nitrogens is 4. The number of fused-ring (bicyclic) bond motifs is 1. The molecule has 0 aliphatic carbocycles. The molecule has 25 heavy (non-hydrogen) atoms. The van der Waals surface area contributed by atoms with Crippen molar-refractivity contribution >= 4 is 17.0 Å². The van der Waals surface area contributed by atoms with E-state index in [4.69, 9.17) is 0 Å². The molecule has 0 bridgehead atoms. The van der Waals surface area contributed by atoms with Gasteiger partial charge in [-0.15, -0.1) is 0 Å². The van der Waals surface area contributed by atoms with Gasteiger partial charge >= 0.3 is 0 Å². The molecule has 1 saturated heterocycles. The monoisotopic (exact) mass is 342 g/mol. The van der Waals surface area contributed by atoms with E-state index in [2.05, 4.69) is 30.0 Å². The molecular weight excluding hydrogens is 323 g/mol. The number of H-pyrrole nitrogens is 2. The minimum Gasteiger partial charge on any atom is -0.341 e. The largest absolute Gasteiger partial charge is 0.341 e. The molecule has 0 saturated carbocycles. The standard InChI is InChI=1S/C17H19FN6O/c18-13-4-2-12(3-5-13)11-23-6-1-7-24(9-8-23)17-20-15-14(10-19-22-15)16(25)21-17/h2-5,10H,1,6-9,11H2,(H2,19,20,21,22,25). The van der Waals surface area contributed by atoms with Crippen LogP contribution in [-0.2, 0) is 6.54 Å². The SMILES string of the molecule is O=c1[nH]c(N2CCCN(Cc3ccc(F)cc3)CC2)nc2[nH]ncc12. The summed E-state index contributed by atoms with van der Waals surface area (Å²) in [6.07, 6.45) is 2.45. The smallest absolute Gasteiger partial charge is 0.263 e. The average molecular weight is 342 g/mol. The molecule has 2 N–H and O–H groups in total. The molecule has 0 unspecified atom stereocenters. The van der Waals surface area contributed by atoms with Gasteiger partial charge in [-0.2, -0.15) is 10.1 Å². The average Bonchev–Trinajstić information content (AvgIpc) is 2.97. The lowest BCUT2D eigenvalue weighted by atomic mass is 10.2. The van der Waals surface area contributed by atoms with Crippen LogP contribution >= 0.6 is 0 Å². The van der Waals surface area contributed by atoms with Gasteiger partial charge in [0.1, 0.15) is 11.2 Å². The molecular formula is C17H19FN6O. The highest BCUT2D eigenvalue weighted by Crippen LogP contribution is 2.14. The van der Waals surface area contributed by atoms with Gasteiger partial charge in [0, 0.05) is 32.7 Å². The summed E-state index contributed by atoms with van der Waals surface area (Å²) in [4.78, 5) is 23.8. The molecule has 4 rings (SSSR count). The van der Waals surface area contributed by atoms with E-state index < -0.39 is 0 Å². The van der Waals surface area contributed by atoms with E-state index in [9.17, 15) is 9.18 Å². The van der Waals surface area contributed by atoms with Crippen LogP contribution in [0, 0.1) is 5.82 Å². The third-order valence-corrected chi connectivity index (χ3v) is 4.51. The fourth-order valence-electron chi connectivity index (χ4n) is 3.17. The van der Waals surface area contributed by atoms with Crippen LogP contribution in [0.2, 0.25) is 0 Å². The molecule has 0 radical (unpaired) electrons. The first-order valence-corrected chi connectivity index (χ1v) is 8.34. The van der Waals surface area contributed by atoms with Crippen LogP contribution in [0.5, 0.6) is 0 Å². The lowest BCUT2D eigenvalue weighted by Gasteiger charge is -2.22. The van der Waals surface area contributed by atoms with Crippen LogP contribution in [0.3, 0.4) is 0 Å². The molecule has 7 nitrogen and oxygen atoms in total. The van der Waals surface area contributed by atoms with Gasteiger partial charge in [0.05, 0.1) is 6.20 Å². The van der Waals surface area contributed by atoms with Crippen LogP contribution in [0.4, 0.5) is 10.3 Å². The predicted molar refractivity (Wildman–Crippen MR) is 93.0 cm³/mol. The number of nitrogens with zero attached hydrogens (tertiary/aromatic N) is 4. The van der Waals surface area contributed by atoms with Crippen molar-refractivity contribution < 1.29 is 4.39 Å². The molecule has 8 heteroatoms. The Balaban J connectivity index is 1.46. The Kier molecular flexibility index (Phi) is 4.19. The van der Waals surface area contributed by atoms with E-state index in [0.717, 1.165) is 44.7 Å². The molecule has 3 heterocycles. The topological polar surface area (TPSA) is 80.9 Å². The zero-order valence-corrected chi connectivity index (χ0v) is 13.7. The van der Waals surface area contributed by atoms with Gasteiger partial charge in [0.2, 0.25) is 5.95 Å². The lowest BCUT2D eigenvalue weighted by molar-refractivity contribution is 0.285. The molecule has 2 aromatic heterocycles. The van der Waals surface area contributed by atoms with Crippen molar-refractivity contribution in [2.75, 3.05) is 31.1 Å². The van der Waals surface area contributed by atoms with Crippen LogP contribution in [0.25, 0.3) is 11.0 Å². The highest BCUT2D eigenvalue weighted by molar-refractivity contribution is 5.73. The van der Waals surface area contributed by atoms with E-state index in [1.54, 1.807) is 0 Å². The number of aromatic amines is 2.